The lowest BCUT2D eigenvalue weighted by Crippen LogP contribution is -2.32. The first-order valence-corrected chi connectivity index (χ1v) is 10.2. The molecule has 1 atom stereocenters. The molecule has 3 rings (SSSR count). The zero-order valence-corrected chi connectivity index (χ0v) is 18.5. The van der Waals surface area contributed by atoms with Gasteiger partial charge in [-0.3, -0.25) is 9.59 Å². The summed E-state index contributed by atoms with van der Waals surface area (Å²) in [5, 5.41) is 11.3. The van der Waals surface area contributed by atoms with Crippen LogP contribution < -0.4 is 9.47 Å². The van der Waals surface area contributed by atoms with Gasteiger partial charge in [-0.05, 0) is 36.8 Å². The number of benzene rings is 2. The Balaban J connectivity index is 2.20. The predicted octanol–water partition coefficient (Wildman–Crippen LogP) is 3.64. The van der Waals surface area contributed by atoms with Crippen molar-refractivity contribution in [2.24, 2.45) is 0 Å². The number of Topliss-reactive ketones (excluding diaryl/α,β-unsaturated/α-hetero) is 1. The van der Waals surface area contributed by atoms with Gasteiger partial charge in [0.05, 0.1) is 30.9 Å². The van der Waals surface area contributed by atoms with Gasteiger partial charge in [0, 0.05) is 13.7 Å². The summed E-state index contributed by atoms with van der Waals surface area (Å²) >= 11 is 0. The second-order valence-corrected chi connectivity index (χ2v) is 7.36. The van der Waals surface area contributed by atoms with Crippen LogP contribution in [-0.2, 0) is 14.3 Å². The Morgan fingerprint density at radius 2 is 1.97 bits per heavy atom. The summed E-state index contributed by atoms with van der Waals surface area (Å²) in [4.78, 5) is 27.4. The molecule has 2 aromatic rings. The van der Waals surface area contributed by atoms with E-state index in [0.29, 0.717) is 29.2 Å². The molecule has 1 N–H and O–H groups in total. The molecule has 1 unspecified atom stereocenters. The van der Waals surface area contributed by atoms with Crippen molar-refractivity contribution in [1.82, 2.24) is 4.90 Å². The van der Waals surface area contributed by atoms with Crippen molar-refractivity contribution < 1.29 is 28.9 Å². The van der Waals surface area contributed by atoms with Gasteiger partial charge in [-0.15, -0.1) is 0 Å². The van der Waals surface area contributed by atoms with Crippen molar-refractivity contribution in [3.8, 4) is 11.5 Å². The molecular formula is C25H27NO6. The van der Waals surface area contributed by atoms with E-state index >= 15 is 0 Å². The summed E-state index contributed by atoms with van der Waals surface area (Å²) < 4.78 is 16.2. The molecule has 2 aromatic carbocycles. The van der Waals surface area contributed by atoms with E-state index in [9.17, 15) is 14.7 Å². The highest BCUT2D eigenvalue weighted by Crippen LogP contribution is 2.41. The fraction of sp³-hybridized carbons (Fsp3) is 0.280. The number of aryl methyl sites for hydroxylation is 1. The standard InChI is InChI=1S/C25H27NO6/c1-5-12-32-18-8-6-7-17(15-18)22-21(24(28)25(29)26(22)11-13-30-3)23(27)19-14-16(2)9-10-20(19)31-4/h5-10,14-15,22,27H,1,11-13H2,2-4H3/b23-21+. The van der Waals surface area contributed by atoms with E-state index < -0.39 is 17.7 Å². The minimum Gasteiger partial charge on any atom is -0.507 e. The summed E-state index contributed by atoms with van der Waals surface area (Å²) in [5.74, 6) is -0.778. The minimum absolute atomic E-state index is 0.00382. The number of aliphatic hydroxyl groups excluding tert-OH is 1. The topological polar surface area (TPSA) is 85.3 Å². The van der Waals surface area contributed by atoms with Gasteiger partial charge in [-0.1, -0.05) is 36.4 Å². The van der Waals surface area contributed by atoms with Crippen molar-refractivity contribution in [1.29, 1.82) is 0 Å². The molecule has 32 heavy (non-hydrogen) atoms. The number of methoxy groups -OCH3 is 2. The van der Waals surface area contributed by atoms with E-state index in [-0.39, 0.29) is 24.5 Å². The highest BCUT2D eigenvalue weighted by molar-refractivity contribution is 6.46. The largest absolute Gasteiger partial charge is 0.507 e. The number of carbonyl (C=O) groups excluding carboxylic acids is 2. The van der Waals surface area contributed by atoms with Crippen LogP contribution in [0, 0.1) is 6.92 Å². The fourth-order valence-corrected chi connectivity index (χ4v) is 3.73. The third-order valence-corrected chi connectivity index (χ3v) is 5.23. The Kier molecular flexibility index (Phi) is 7.33. The summed E-state index contributed by atoms with van der Waals surface area (Å²) in [6, 6.07) is 11.6. The smallest absolute Gasteiger partial charge is 0.295 e. The second-order valence-electron chi connectivity index (χ2n) is 7.36. The van der Waals surface area contributed by atoms with Gasteiger partial charge in [0.15, 0.2) is 0 Å². The Morgan fingerprint density at radius 1 is 1.19 bits per heavy atom. The Hall–Kier alpha value is -3.58. The van der Waals surface area contributed by atoms with Crippen LogP contribution in [0.3, 0.4) is 0 Å². The third-order valence-electron chi connectivity index (χ3n) is 5.23. The summed E-state index contributed by atoms with van der Waals surface area (Å²) in [5.41, 5.74) is 1.85. The normalized spacial score (nSPS) is 17.5. The Labute approximate surface area is 187 Å². The molecule has 0 aliphatic carbocycles. The van der Waals surface area contributed by atoms with Crippen LogP contribution in [0.15, 0.2) is 60.7 Å². The highest BCUT2D eigenvalue weighted by atomic mass is 16.5. The molecule has 0 radical (unpaired) electrons. The van der Waals surface area contributed by atoms with Gasteiger partial charge in [-0.2, -0.15) is 0 Å². The molecule has 1 amide bonds. The molecule has 1 aliphatic rings. The Bertz CT molecular complexity index is 1060. The highest BCUT2D eigenvalue weighted by Gasteiger charge is 2.46. The maximum Gasteiger partial charge on any atom is 0.295 e. The van der Waals surface area contributed by atoms with Gasteiger partial charge in [0.2, 0.25) is 0 Å². The van der Waals surface area contributed by atoms with Gasteiger partial charge in [-0.25, -0.2) is 0 Å². The van der Waals surface area contributed by atoms with E-state index in [1.165, 1.54) is 19.1 Å². The molecule has 1 fully saturated rings. The first-order chi connectivity index (χ1) is 15.4. The van der Waals surface area contributed by atoms with Crippen molar-refractivity contribution in [2.75, 3.05) is 34.0 Å². The number of nitrogens with zero attached hydrogens (tertiary/aromatic N) is 1. The number of ketones is 1. The van der Waals surface area contributed by atoms with Crippen LogP contribution >= 0.6 is 0 Å². The molecule has 0 spiro atoms. The van der Waals surface area contributed by atoms with Crippen molar-refractivity contribution >= 4 is 17.4 Å². The van der Waals surface area contributed by atoms with Crippen molar-refractivity contribution in [3.63, 3.8) is 0 Å². The van der Waals surface area contributed by atoms with Crippen LogP contribution in [-0.4, -0.2) is 55.7 Å². The number of hydrogen-bond acceptors (Lipinski definition) is 6. The zero-order chi connectivity index (χ0) is 23.3. The van der Waals surface area contributed by atoms with Gasteiger partial charge in [0.25, 0.3) is 11.7 Å². The van der Waals surface area contributed by atoms with Gasteiger partial charge in [0.1, 0.15) is 23.9 Å². The molecule has 0 aromatic heterocycles. The van der Waals surface area contributed by atoms with Gasteiger partial charge < -0.3 is 24.2 Å². The molecule has 168 valence electrons. The molecule has 7 nitrogen and oxygen atoms in total. The summed E-state index contributed by atoms with van der Waals surface area (Å²) in [7, 11) is 3.00. The lowest BCUT2D eigenvalue weighted by molar-refractivity contribution is -0.140. The Morgan fingerprint density at radius 3 is 2.66 bits per heavy atom. The number of likely N-dealkylation sites (tertiary alicyclic amines) is 1. The number of aliphatic hydroxyl groups is 1. The second kappa shape index (κ2) is 10.2. The number of amides is 1. The van der Waals surface area contributed by atoms with E-state index in [0.717, 1.165) is 5.56 Å². The van der Waals surface area contributed by atoms with Gasteiger partial charge >= 0.3 is 0 Å². The number of rotatable bonds is 9. The number of hydrogen-bond donors (Lipinski definition) is 1. The number of ether oxygens (including phenoxy) is 3. The molecule has 7 heteroatoms. The number of carbonyl (C=O) groups is 2. The molecule has 1 saturated heterocycles. The van der Waals surface area contributed by atoms with E-state index in [1.807, 2.05) is 13.0 Å². The summed E-state index contributed by atoms with van der Waals surface area (Å²) in [6.07, 6.45) is 1.63. The quantitative estimate of drug-likeness (QED) is 0.279. The van der Waals surface area contributed by atoms with Crippen LogP contribution in [0.4, 0.5) is 0 Å². The fourth-order valence-electron chi connectivity index (χ4n) is 3.73. The lowest BCUT2D eigenvalue weighted by Gasteiger charge is -2.25. The predicted molar refractivity (Wildman–Crippen MR) is 121 cm³/mol. The summed E-state index contributed by atoms with van der Waals surface area (Å²) in [6.45, 7) is 6.25. The van der Waals surface area contributed by atoms with Crippen molar-refractivity contribution in [2.45, 2.75) is 13.0 Å². The minimum atomic E-state index is -0.803. The molecular weight excluding hydrogens is 410 g/mol. The maximum absolute atomic E-state index is 13.1. The van der Waals surface area contributed by atoms with E-state index in [1.54, 1.807) is 42.5 Å². The molecule has 0 saturated carbocycles. The van der Waals surface area contributed by atoms with Crippen molar-refractivity contribution in [3.05, 3.63) is 77.4 Å². The molecule has 1 heterocycles. The molecule has 0 bridgehead atoms. The maximum atomic E-state index is 13.1. The first-order valence-electron chi connectivity index (χ1n) is 10.2. The van der Waals surface area contributed by atoms with Crippen LogP contribution in [0.5, 0.6) is 11.5 Å². The van der Waals surface area contributed by atoms with E-state index in [2.05, 4.69) is 6.58 Å². The monoisotopic (exact) mass is 437 g/mol. The molecule has 1 aliphatic heterocycles. The lowest BCUT2D eigenvalue weighted by atomic mass is 9.94. The third kappa shape index (κ3) is 4.53. The van der Waals surface area contributed by atoms with Crippen LogP contribution in [0.2, 0.25) is 0 Å². The zero-order valence-electron chi connectivity index (χ0n) is 18.5. The van der Waals surface area contributed by atoms with Crippen LogP contribution in [0.1, 0.15) is 22.7 Å². The average molecular weight is 437 g/mol. The SMILES string of the molecule is C=CCOc1cccc(C2/C(=C(\O)c3cc(C)ccc3OC)C(=O)C(=O)N2CCOC)c1. The first kappa shape index (κ1) is 23.1. The van der Waals surface area contributed by atoms with E-state index in [4.69, 9.17) is 14.2 Å². The average Bonchev–Trinajstić information content (AvgIpc) is 3.05. The van der Waals surface area contributed by atoms with Crippen LogP contribution in [0.25, 0.3) is 5.76 Å².